The van der Waals surface area contributed by atoms with Crippen molar-refractivity contribution in [3.8, 4) is 11.5 Å². The van der Waals surface area contributed by atoms with Crippen LogP contribution in [0.25, 0.3) is 0 Å². The number of phenols is 2. The van der Waals surface area contributed by atoms with Gasteiger partial charge >= 0.3 is 0 Å². The van der Waals surface area contributed by atoms with Crippen LogP contribution in [0.1, 0.15) is 31.8 Å². The summed E-state index contributed by atoms with van der Waals surface area (Å²) in [5.74, 6) is -1.44. The number of hydrogen-bond acceptors (Lipinski definition) is 5. The maximum absolute atomic E-state index is 12.3. The largest absolute Gasteiger partial charge is 0.507 e. The van der Waals surface area contributed by atoms with Gasteiger partial charge in [0.25, 0.3) is 0 Å². The number of benzene rings is 2. The van der Waals surface area contributed by atoms with Crippen LogP contribution in [0.15, 0.2) is 30.3 Å². The molecule has 19 heavy (non-hydrogen) atoms. The summed E-state index contributed by atoms with van der Waals surface area (Å²) in [5, 5.41) is 19.3. The number of aromatic hydroxyl groups is 2. The van der Waals surface area contributed by atoms with E-state index in [1.165, 1.54) is 30.3 Å². The second kappa shape index (κ2) is 3.58. The highest BCUT2D eigenvalue weighted by atomic mass is 16.3. The third-order valence-corrected chi connectivity index (χ3v) is 3.21. The Kier molecular flexibility index (Phi) is 2.13. The molecule has 3 rings (SSSR count). The maximum atomic E-state index is 12.3. The quantitative estimate of drug-likeness (QED) is 0.417. The molecule has 4 N–H and O–H groups in total. The third kappa shape index (κ3) is 1.35. The van der Waals surface area contributed by atoms with Crippen molar-refractivity contribution in [1.82, 2.24) is 0 Å². The smallest absolute Gasteiger partial charge is 0.198 e. The second-order valence-electron chi connectivity index (χ2n) is 4.28. The van der Waals surface area contributed by atoms with Gasteiger partial charge < -0.3 is 15.9 Å². The highest BCUT2D eigenvalue weighted by Crippen LogP contribution is 2.37. The summed E-state index contributed by atoms with van der Waals surface area (Å²) >= 11 is 0. The van der Waals surface area contributed by atoms with Crippen molar-refractivity contribution in [1.29, 1.82) is 0 Å². The molecule has 0 saturated heterocycles. The van der Waals surface area contributed by atoms with Gasteiger partial charge in [0.05, 0.1) is 16.8 Å². The van der Waals surface area contributed by atoms with E-state index >= 15 is 0 Å². The van der Waals surface area contributed by atoms with Crippen LogP contribution in [0, 0.1) is 0 Å². The average Bonchev–Trinajstić information content (AvgIpc) is 2.39. The van der Waals surface area contributed by atoms with E-state index in [2.05, 4.69) is 0 Å². The lowest BCUT2D eigenvalue weighted by Crippen LogP contribution is -2.22. The number of carbonyl (C=O) groups is 2. The van der Waals surface area contributed by atoms with Crippen molar-refractivity contribution in [3.05, 3.63) is 52.6 Å². The molecule has 1 aliphatic carbocycles. The molecule has 2 aromatic rings. The number of hydrogen-bond donors (Lipinski definition) is 3. The molecule has 0 fully saturated rings. The summed E-state index contributed by atoms with van der Waals surface area (Å²) in [7, 11) is 0. The molecule has 5 nitrogen and oxygen atoms in total. The summed E-state index contributed by atoms with van der Waals surface area (Å²) in [6.07, 6.45) is 0. The Hall–Kier alpha value is -2.82. The number of nitrogens with two attached hydrogens (primary N) is 1. The first kappa shape index (κ1) is 11.3. The molecule has 0 bridgehead atoms. The number of fused-ring (bicyclic) bond motifs is 2. The molecule has 0 aromatic heterocycles. The molecule has 0 radical (unpaired) electrons. The average molecular weight is 255 g/mol. The van der Waals surface area contributed by atoms with Crippen LogP contribution >= 0.6 is 0 Å². The van der Waals surface area contributed by atoms with Crippen LogP contribution in [-0.2, 0) is 0 Å². The van der Waals surface area contributed by atoms with Gasteiger partial charge in [0.1, 0.15) is 11.5 Å². The zero-order valence-electron chi connectivity index (χ0n) is 9.68. The second-order valence-corrected chi connectivity index (χ2v) is 4.28. The first-order chi connectivity index (χ1) is 9.02. The van der Waals surface area contributed by atoms with E-state index in [0.717, 1.165) is 0 Å². The molecule has 0 amide bonds. The minimum Gasteiger partial charge on any atom is -0.507 e. The van der Waals surface area contributed by atoms with E-state index < -0.39 is 11.6 Å². The van der Waals surface area contributed by atoms with E-state index in [1.54, 1.807) is 0 Å². The monoisotopic (exact) mass is 255 g/mol. The maximum Gasteiger partial charge on any atom is 0.198 e. The summed E-state index contributed by atoms with van der Waals surface area (Å²) in [6, 6.07) is 6.85. The lowest BCUT2D eigenvalue weighted by Gasteiger charge is -2.19. The minimum absolute atomic E-state index is 0.0110. The van der Waals surface area contributed by atoms with Gasteiger partial charge in [-0.1, -0.05) is 12.1 Å². The number of phenolic OH excluding ortho intramolecular Hbond substituents is 2. The summed E-state index contributed by atoms with van der Waals surface area (Å²) in [5.41, 5.74) is 5.70. The van der Waals surface area contributed by atoms with E-state index in [1.807, 2.05) is 0 Å². The lowest BCUT2D eigenvalue weighted by atomic mass is 9.82. The van der Waals surface area contributed by atoms with Crippen LogP contribution in [0.4, 0.5) is 5.69 Å². The Balaban J connectivity index is 2.40. The number of carbonyl (C=O) groups excluding carboxylic acids is 2. The molecule has 5 heteroatoms. The fourth-order valence-corrected chi connectivity index (χ4v) is 2.28. The van der Waals surface area contributed by atoms with E-state index in [4.69, 9.17) is 5.73 Å². The molecule has 0 spiro atoms. The van der Waals surface area contributed by atoms with Crippen LogP contribution in [0.2, 0.25) is 0 Å². The van der Waals surface area contributed by atoms with Gasteiger partial charge in [-0.05, 0) is 18.2 Å². The fourth-order valence-electron chi connectivity index (χ4n) is 2.28. The van der Waals surface area contributed by atoms with Gasteiger partial charge in [0.15, 0.2) is 11.6 Å². The molecule has 2 aromatic carbocycles. The van der Waals surface area contributed by atoms with Crippen molar-refractivity contribution in [2.75, 3.05) is 5.73 Å². The number of rotatable bonds is 0. The predicted molar refractivity (Wildman–Crippen MR) is 67.5 cm³/mol. The van der Waals surface area contributed by atoms with Gasteiger partial charge in [0.2, 0.25) is 0 Å². The molecule has 94 valence electrons. The standard InChI is InChI=1S/C14H9NO4/c15-12-9(17)5-4-7-11(12)14(19)6-2-1-3-8(16)10(6)13(7)18/h1-5,16-17H,15H2. The summed E-state index contributed by atoms with van der Waals surface area (Å²) in [4.78, 5) is 24.6. The lowest BCUT2D eigenvalue weighted by molar-refractivity contribution is 0.0977. The van der Waals surface area contributed by atoms with Gasteiger partial charge in [-0.25, -0.2) is 0 Å². The van der Waals surface area contributed by atoms with Crippen molar-refractivity contribution >= 4 is 17.3 Å². The van der Waals surface area contributed by atoms with Crippen LogP contribution < -0.4 is 5.73 Å². The molecule has 0 aliphatic heterocycles. The molecule has 1 aliphatic rings. The Labute approximate surface area is 107 Å². The Morgan fingerprint density at radius 3 is 2.16 bits per heavy atom. The first-order valence-electron chi connectivity index (χ1n) is 5.55. The predicted octanol–water partition coefficient (Wildman–Crippen LogP) is 1.46. The fraction of sp³-hybridized carbons (Fsp3) is 0. The van der Waals surface area contributed by atoms with E-state index in [-0.39, 0.29) is 39.4 Å². The third-order valence-electron chi connectivity index (χ3n) is 3.21. The highest BCUT2D eigenvalue weighted by Gasteiger charge is 2.33. The van der Waals surface area contributed by atoms with Crippen LogP contribution in [0.5, 0.6) is 11.5 Å². The van der Waals surface area contributed by atoms with Crippen molar-refractivity contribution in [2.45, 2.75) is 0 Å². The van der Waals surface area contributed by atoms with Gasteiger partial charge in [0, 0.05) is 11.1 Å². The SMILES string of the molecule is Nc1c(O)ccc2c1C(=O)c1cccc(O)c1C2=O. The Morgan fingerprint density at radius 1 is 0.789 bits per heavy atom. The zero-order valence-corrected chi connectivity index (χ0v) is 9.68. The molecule has 0 unspecified atom stereocenters. The van der Waals surface area contributed by atoms with Gasteiger partial charge in [-0.3, -0.25) is 9.59 Å². The topological polar surface area (TPSA) is 101 Å². The number of anilines is 1. The van der Waals surface area contributed by atoms with E-state index in [0.29, 0.717) is 0 Å². The molecule has 0 heterocycles. The summed E-state index contributed by atoms with van der Waals surface area (Å²) < 4.78 is 0. The first-order valence-corrected chi connectivity index (χ1v) is 5.55. The normalized spacial score (nSPS) is 13.1. The van der Waals surface area contributed by atoms with E-state index in [9.17, 15) is 19.8 Å². The number of ketones is 2. The van der Waals surface area contributed by atoms with Crippen molar-refractivity contribution in [3.63, 3.8) is 0 Å². The summed E-state index contributed by atoms with van der Waals surface area (Å²) in [6.45, 7) is 0. The minimum atomic E-state index is -0.478. The molecule has 0 saturated carbocycles. The Morgan fingerprint density at radius 2 is 1.42 bits per heavy atom. The molecular weight excluding hydrogens is 246 g/mol. The van der Waals surface area contributed by atoms with Crippen LogP contribution in [-0.4, -0.2) is 21.8 Å². The Bertz CT molecular complexity index is 749. The molecular formula is C14H9NO4. The van der Waals surface area contributed by atoms with Gasteiger partial charge in [-0.2, -0.15) is 0 Å². The molecule has 0 atom stereocenters. The van der Waals surface area contributed by atoms with Crippen LogP contribution in [0.3, 0.4) is 0 Å². The van der Waals surface area contributed by atoms with Crippen molar-refractivity contribution in [2.24, 2.45) is 0 Å². The number of nitrogen functional groups attached to an aromatic ring is 1. The van der Waals surface area contributed by atoms with Gasteiger partial charge in [-0.15, -0.1) is 0 Å². The van der Waals surface area contributed by atoms with Crippen molar-refractivity contribution < 1.29 is 19.8 Å². The highest BCUT2D eigenvalue weighted by molar-refractivity contribution is 6.31. The zero-order chi connectivity index (χ0) is 13.7.